The third-order valence-corrected chi connectivity index (χ3v) is 6.56. The molecule has 3 aromatic heterocycles. The Morgan fingerprint density at radius 1 is 1.22 bits per heavy atom. The van der Waals surface area contributed by atoms with Gasteiger partial charge in [0, 0.05) is 36.3 Å². The van der Waals surface area contributed by atoms with Crippen LogP contribution in [0.3, 0.4) is 0 Å². The first-order chi connectivity index (χ1) is 17.4. The van der Waals surface area contributed by atoms with Crippen LogP contribution in [-0.2, 0) is 20.1 Å². The molecule has 1 aliphatic rings. The molecule has 1 aliphatic carbocycles. The van der Waals surface area contributed by atoms with Crippen LogP contribution in [0.2, 0.25) is 5.02 Å². The predicted molar refractivity (Wildman–Crippen MR) is 132 cm³/mol. The molecule has 1 unspecified atom stereocenters. The molecule has 0 spiro atoms. The predicted octanol–water partition coefficient (Wildman–Crippen LogP) is 5.25. The second kappa shape index (κ2) is 10.0. The number of carboxylic acid groups (broad SMARTS) is 1. The smallest absolute Gasteiger partial charge is 0.354 e. The van der Waals surface area contributed by atoms with Crippen molar-refractivity contribution >= 4 is 34.3 Å². The molecule has 36 heavy (non-hydrogen) atoms. The van der Waals surface area contributed by atoms with E-state index in [1.54, 1.807) is 30.5 Å². The largest absolute Gasteiger partial charge is 0.477 e. The van der Waals surface area contributed by atoms with Crippen LogP contribution in [0.15, 0.2) is 48.7 Å². The Morgan fingerprint density at radius 2 is 2.08 bits per heavy atom. The van der Waals surface area contributed by atoms with Gasteiger partial charge < -0.3 is 14.4 Å². The number of rotatable bonds is 7. The third kappa shape index (κ3) is 5.06. The molecule has 0 radical (unpaired) electrons. The molecule has 10 heteroatoms. The van der Waals surface area contributed by atoms with Crippen molar-refractivity contribution in [3.05, 3.63) is 82.4 Å². The number of fused-ring (bicyclic) bond motifs is 1. The Morgan fingerprint density at radius 3 is 2.83 bits per heavy atom. The van der Waals surface area contributed by atoms with Gasteiger partial charge in [-0.3, -0.25) is 0 Å². The van der Waals surface area contributed by atoms with E-state index in [0.717, 1.165) is 37.1 Å². The number of carboxylic acids is 1. The van der Waals surface area contributed by atoms with E-state index in [0.29, 0.717) is 39.4 Å². The van der Waals surface area contributed by atoms with Crippen LogP contribution >= 0.6 is 11.6 Å². The molecule has 0 bridgehead atoms. The van der Waals surface area contributed by atoms with Crippen LogP contribution in [0.5, 0.6) is 5.88 Å². The van der Waals surface area contributed by atoms with Gasteiger partial charge in [-0.15, -0.1) is 0 Å². The lowest BCUT2D eigenvalue weighted by Gasteiger charge is -2.21. The first kappa shape index (κ1) is 23.9. The maximum atomic E-state index is 14.0. The molecule has 0 fully saturated rings. The van der Waals surface area contributed by atoms with Gasteiger partial charge >= 0.3 is 5.97 Å². The number of pyridine rings is 1. The average Bonchev–Trinajstić information content (AvgIpc) is 3.18. The van der Waals surface area contributed by atoms with Crippen molar-refractivity contribution in [1.29, 1.82) is 0 Å². The van der Waals surface area contributed by atoms with Crippen molar-refractivity contribution in [3.63, 3.8) is 0 Å². The fourth-order valence-corrected chi connectivity index (χ4v) is 4.47. The van der Waals surface area contributed by atoms with Gasteiger partial charge in [0.15, 0.2) is 17.2 Å². The second-order valence-corrected chi connectivity index (χ2v) is 9.18. The Labute approximate surface area is 211 Å². The first-order valence-electron chi connectivity index (χ1n) is 11.5. The van der Waals surface area contributed by atoms with Crippen LogP contribution in [0, 0.1) is 11.7 Å². The van der Waals surface area contributed by atoms with Crippen molar-refractivity contribution in [2.24, 2.45) is 13.0 Å². The Bertz CT molecular complexity index is 1490. The monoisotopic (exact) mass is 507 g/mol. The van der Waals surface area contributed by atoms with Crippen molar-refractivity contribution in [2.45, 2.75) is 32.3 Å². The normalized spacial score (nSPS) is 15.6. The Balaban J connectivity index is 1.24. The lowest BCUT2D eigenvalue weighted by Crippen LogP contribution is -2.13. The van der Waals surface area contributed by atoms with Gasteiger partial charge in [0.25, 0.3) is 0 Å². The molecule has 3 heterocycles. The van der Waals surface area contributed by atoms with Crippen LogP contribution in [-0.4, -0.2) is 35.6 Å². The zero-order chi connectivity index (χ0) is 25.2. The number of allylic oxidation sites excluding steroid dienone is 2. The van der Waals surface area contributed by atoms with Gasteiger partial charge in [0.2, 0.25) is 5.88 Å². The number of ether oxygens (including phenoxy) is 1. The highest BCUT2D eigenvalue weighted by Gasteiger charge is 2.21. The molecule has 0 amide bonds. The third-order valence-electron chi connectivity index (χ3n) is 6.33. The van der Waals surface area contributed by atoms with Gasteiger partial charge in [-0.25, -0.2) is 24.1 Å². The first-order valence-corrected chi connectivity index (χ1v) is 11.9. The minimum absolute atomic E-state index is 0.00630. The summed E-state index contributed by atoms with van der Waals surface area (Å²) in [5.74, 6) is 0.773. The Hall–Kier alpha value is -3.85. The molecule has 0 saturated heterocycles. The number of halogens is 2. The van der Waals surface area contributed by atoms with Crippen LogP contribution in [0.1, 0.15) is 47.0 Å². The number of aromatic nitrogens is 5. The summed E-state index contributed by atoms with van der Waals surface area (Å²) in [4.78, 5) is 29.0. The summed E-state index contributed by atoms with van der Waals surface area (Å²) in [5.41, 5.74) is 2.71. The molecule has 0 saturated carbocycles. The molecule has 184 valence electrons. The minimum Gasteiger partial charge on any atom is -0.477 e. The molecule has 5 rings (SSSR count). The van der Waals surface area contributed by atoms with Gasteiger partial charge in [0.05, 0.1) is 0 Å². The average molecular weight is 508 g/mol. The number of hydrogen-bond acceptors (Lipinski definition) is 6. The maximum Gasteiger partial charge on any atom is 0.354 e. The molecular weight excluding hydrogens is 485 g/mol. The van der Waals surface area contributed by atoms with Crippen molar-refractivity contribution < 1.29 is 19.0 Å². The molecule has 8 nitrogen and oxygen atoms in total. The van der Waals surface area contributed by atoms with E-state index in [-0.39, 0.29) is 12.3 Å². The molecule has 4 aromatic rings. The van der Waals surface area contributed by atoms with Gasteiger partial charge in [-0.05, 0) is 55.0 Å². The van der Waals surface area contributed by atoms with Crippen molar-refractivity contribution in [3.8, 4) is 5.88 Å². The summed E-state index contributed by atoms with van der Waals surface area (Å²) in [6, 6.07) is 9.29. The SMILES string of the molecule is Cn1c(CC2CC=C(c3nccc(OCc4ccc(Cl)cc4F)n3)CC2)nc2ccc(C(=O)O)nc21. The second-order valence-electron chi connectivity index (χ2n) is 8.75. The zero-order valence-corrected chi connectivity index (χ0v) is 20.2. The molecule has 1 atom stereocenters. The molecule has 1 N–H and O–H groups in total. The highest BCUT2D eigenvalue weighted by molar-refractivity contribution is 6.30. The standard InChI is InChI=1S/C26H23ClFN5O3/c1-33-22(30-20-8-9-21(26(34)35)31-25(20)33)12-15-2-4-16(5-3-15)24-29-11-10-23(32-24)36-14-17-6-7-18(27)13-19(17)28/h4,6-11,13,15H,2-3,5,12,14H2,1H3,(H,34,35). The highest BCUT2D eigenvalue weighted by atomic mass is 35.5. The van der Waals surface area contributed by atoms with Gasteiger partial charge in [-0.1, -0.05) is 23.7 Å². The lowest BCUT2D eigenvalue weighted by atomic mass is 9.87. The number of aryl methyl sites for hydroxylation is 1. The van der Waals surface area contributed by atoms with Crippen LogP contribution in [0.4, 0.5) is 4.39 Å². The summed E-state index contributed by atoms with van der Waals surface area (Å²) in [6.45, 7) is 0.0431. The van der Waals surface area contributed by atoms with E-state index >= 15 is 0 Å². The number of nitrogens with zero attached hydrogens (tertiary/aromatic N) is 5. The molecule has 1 aromatic carbocycles. The zero-order valence-electron chi connectivity index (χ0n) is 19.5. The number of aromatic carboxylic acids is 1. The number of imidazole rings is 1. The fourth-order valence-electron chi connectivity index (χ4n) is 4.32. The summed E-state index contributed by atoms with van der Waals surface area (Å²) in [7, 11) is 1.86. The molecule has 0 aliphatic heterocycles. The van der Waals surface area contributed by atoms with E-state index in [4.69, 9.17) is 16.3 Å². The van der Waals surface area contributed by atoms with Crippen molar-refractivity contribution in [1.82, 2.24) is 24.5 Å². The number of hydrogen-bond donors (Lipinski definition) is 1. The fraction of sp³-hybridized carbons (Fsp3) is 0.269. The van der Waals surface area contributed by atoms with E-state index < -0.39 is 11.8 Å². The lowest BCUT2D eigenvalue weighted by molar-refractivity contribution is 0.0691. The summed E-state index contributed by atoms with van der Waals surface area (Å²) in [6.07, 6.45) is 7.14. The maximum absolute atomic E-state index is 14.0. The number of carbonyl (C=O) groups is 1. The highest BCUT2D eigenvalue weighted by Crippen LogP contribution is 2.31. The van der Waals surface area contributed by atoms with Crippen LogP contribution in [0.25, 0.3) is 16.7 Å². The van der Waals surface area contributed by atoms with Crippen molar-refractivity contribution in [2.75, 3.05) is 0 Å². The summed E-state index contributed by atoms with van der Waals surface area (Å²) < 4.78 is 21.6. The van der Waals surface area contributed by atoms with Gasteiger partial charge in [0.1, 0.15) is 23.8 Å². The van der Waals surface area contributed by atoms with E-state index in [1.165, 1.54) is 12.1 Å². The van der Waals surface area contributed by atoms with Crippen LogP contribution < -0.4 is 4.74 Å². The topological polar surface area (TPSA) is 103 Å². The quantitative estimate of drug-likeness (QED) is 0.364. The Kier molecular flexibility index (Phi) is 6.65. The van der Waals surface area contributed by atoms with E-state index in [9.17, 15) is 14.3 Å². The van der Waals surface area contributed by atoms with Gasteiger partial charge in [-0.2, -0.15) is 4.98 Å². The summed E-state index contributed by atoms with van der Waals surface area (Å²) in [5, 5.41) is 9.54. The minimum atomic E-state index is -1.06. The summed E-state index contributed by atoms with van der Waals surface area (Å²) >= 11 is 5.80. The van der Waals surface area contributed by atoms with E-state index in [2.05, 4.69) is 26.0 Å². The number of benzene rings is 1. The van der Waals surface area contributed by atoms with E-state index in [1.807, 2.05) is 11.6 Å². The molecular formula is C26H23ClFN5O3.